The molecule has 3 rings (SSSR count). The Labute approximate surface area is 179 Å². The summed E-state index contributed by atoms with van der Waals surface area (Å²) in [6.45, 7) is 3.77. The van der Waals surface area contributed by atoms with Crippen molar-refractivity contribution in [3.63, 3.8) is 0 Å². The lowest BCUT2D eigenvalue weighted by Gasteiger charge is -2.07. The number of anilines is 1. The lowest BCUT2D eigenvalue weighted by Crippen LogP contribution is -2.21. The molecule has 154 valence electrons. The van der Waals surface area contributed by atoms with Crippen LogP contribution in [0.2, 0.25) is 0 Å². The first kappa shape index (κ1) is 21.3. The molecule has 2 N–H and O–H groups in total. The summed E-state index contributed by atoms with van der Waals surface area (Å²) < 4.78 is 5.11. The van der Waals surface area contributed by atoms with E-state index < -0.39 is 0 Å². The van der Waals surface area contributed by atoms with Crippen LogP contribution in [0, 0.1) is 6.92 Å². The van der Waals surface area contributed by atoms with Crippen LogP contribution in [0.4, 0.5) is 5.69 Å². The zero-order chi connectivity index (χ0) is 21.5. The number of rotatable bonds is 7. The van der Waals surface area contributed by atoms with Crippen molar-refractivity contribution in [2.45, 2.75) is 20.3 Å². The number of hydrazone groups is 1. The largest absolute Gasteiger partial charge is 0.497 e. The number of carbonyl (C=O) groups is 2. The molecule has 1 heterocycles. The summed E-state index contributed by atoms with van der Waals surface area (Å²) >= 11 is 1.45. The molecule has 0 unspecified atom stereocenters. The first-order valence-electron chi connectivity index (χ1n) is 9.39. The average molecular weight is 422 g/mol. The van der Waals surface area contributed by atoms with Gasteiger partial charge in [0.1, 0.15) is 5.75 Å². The van der Waals surface area contributed by atoms with Crippen molar-refractivity contribution in [1.82, 2.24) is 5.43 Å². The van der Waals surface area contributed by atoms with E-state index in [1.54, 1.807) is 14.0 Å². The van der Waals surface area contributed by atoms with Crippen LogP contribution in [0.25, 0.3) is 0 Å². The Hall–Kier alpha value is -3.45. The third kappa shape index (κ3) is 5.78. The van der Waals surface area contributed by atoms with Gasteiger partial charge in [-0.3, -0.25) is 9.59 Å². The van der Waals surface area contributed by atoms with Crippen molar-refractivity contribution < 1.29 is 14.3 Å². The van der Waals surface area contributed by atoms with E-state index >= 15 is 0 Å². The van der Waals surface area contributed by atoms with Crippen molar-refractivity contribution in [2.75, 3.05) is 12.4 Å². The van der Waals surface area contributed by atoms with Crippen LogP contribution in [-0.2, 0) is 11.2 Å². The van der Waals surface area contributed by atoms with Crippen LogP contribution in [0.1, 0.15) is 32.6 Å². The van der Waals surface area contributed by atoms with E-state index in [9.17, 15) is 9.59 Å². The number of ether oxygens (including phenoxy) is 1. The Kier molecular flexibility index (Phi) is 6.98. The predicted octanol–water partition coefficient (Wildman–Crippen LogP) is 4.40. The van der Waals surface area contributed by atoms with Gasteiger partial charge in [0.2, 0.25) is 5.91 Å². The molecule has 0 bridgehead atoms. The Morgan fingerprint density at radius 3 is 2.50 bits per heavy atom. The summed E-state index contributed by atoms with van der Waals surface area (Å²) in [5.41, 5.74) is 5.56. The standard InChI is InChI=1S/C23H23N3O3S/c1-15-7-12-21(30-15)23(28)24-19-6-4-5-18(14-19)16(2)25-26-22(27)13-17-8-10-20(29-3)11-9-17/h4-12,14H,13H2,1-3H3,(H,24,28)(H,26,27). The fourth-order valence-electron chi connectivity index (χ4n) is 2.75. The van der Waals surface area contributed by atoms with Crippen LogP contribution in [0.5, 0.6) is 5.75 Å². The fraction of sp³-hybridized carbons (Fsp3) is 0.174. The van der Waals surface area contributed by atoms with Crippen LogP contribution in [-0.4, -0.2) is 24.6 Å². The van der Waals surface area contributed by atoms with Gasteiger partial charge in [-0.15, -0.1) is 11.3 Å². The summed E-state index contributed by atoms with van der Waals surface area (Å²) in [6.07, 6.45) is 0.219. The van der Waals surface area contributed by atoms with Crippen LogP contribution in [0.15, 0.2) is 65.8 Å². The van der Waals surface area contributed by atoms with Crippen molar-refractivity contribution in [3.8, 4) is 5.75 Å². The molecule has 0 radical (unpaired) electrons. The quantitative estimate of drug-likeness (QED) is 0.438. The molecule has 0 atom stereocenters. The SMILES string of the molecule is COc1ccc(CC(=O)NN=C(C)c2cccc(NC(=O)c3ccc(C)s3)c2)cc1. The van der Waals surface area contributed by atoms with E-state index in [2.05, 4.69) is 15.8 Å². The molecule has 1 aromatic heterocycles. The van der Waals surface area contributed by atoms with E-state index in [-0.39, 0.29) is 18.2 Å². The van der Waals surface area contributed by atoms with Crippen LogP contribution >= 0.6 is 11.3 Å². The Morgan fingerprint density at radius 1 is 1.07 bits per heavy atom. The molecular weight excluding hydrogens is 398 g/mol. The van der Waals surface area contributed by atoms with E-state index in [1.165, 1.54) is 11.3 Å². The van der Waals surface area contributed by atoms with E-state index in [0.717, 1.165) is 21.8 Å². The van der Waals surface area contributed by atoms with E-state index in [1.807, 2.05) is 67.6 Å². The molecule has 3 aromatic rings. The maximum atomic E-state index is 12.3. The van der Waals surface area contributed by atoms with Gasteiger partial charge in [0.05, 0.1) is 24.1 Å². The van der Waals surface area contributed by atoms with Gasteiger partial charge in [0, 0.05) is 10.6 Å². The molecule has 30 heavy (non-hydrogen) atoms. The number of benzene rings is 2. The highest BCUT2D eigenvalue weighted by Gasteiger charge is 2.09. The highest BCUT2D eigenvalue weighted by molar-refractivity contribution is 7.14. The molecule has 7 heteroatoms. The van der Waals surface area contributed by atoms with E-state index in [0.29, 0.717) is 16.3 Å². The Balaban J connectivity index is 1.60. The van der Waals surface area contributed by atoms with Gasteiger partial charge in [-0.1, -0.05) is 24.3 Å². The van der Waals surface area contributed by atoms with Gasteiger partial charge >= 0.3 is 0 Å². The van der Waals surface area contributed by atoms with Crippen LogP contribution < -0.4 is 15.5 Å². The number of hydrogen-bond acceptors (Lipinski definition) is 5. The lowest BCUT2D eigenvalue weighted by molar-refractivity contribution is -0.120. The molecule has 0 spiro atoms. The normalized spacial score (nSPS) is 11.1. The maximum absolute atomic E-state index is 12.3. The summed E-state index contributed by atoms with van der Waals surface area (Å²) in [5.74, 6) is 0.388. The third-order valence-electron chi connectivity index (χ3n) is 4.37. The molecule has 0 aliphatic heterocycles. The molecule has 0 saturated carbocycles. The molecule has 0 aliphatic carbocycles. The van der Waals surface area contributed by atoms with Gasteiger partial charge in [-0.2, -0.15) is 5.10 Å². The molecule has 6 nitrogen and oxygen atoms in total. The Morgan fingerprint density at radius 2 is 1.83 bits per heavy atom. The number of aryl methyl sites for hydroxylation is 1. The topological polar surface area (TPSA) is 79.8 Å². The molecule has 0 saturated heterocycles. The molecular formula is C23H23N3O3S. The van der Waals surface area contributed by atoms with Gasteiger partial charge < -0.3 is 10.1 Å². The van der Waals surface area contributed by atoms with Crippen molar-refractivity contribution in [1.29, 1.82) is 0 Å². The first-order chi connectivity index (χ1) is 14.4. The number of carbonyl (C=O) groups excluding carboxylic acids is 2. The number of thiophene rings is 1. The summed E-state index contributed by atoms with van der Waals surface area (Å²) in [7, 11) is 1.60. The van der Waals surface area contributed by atoms with Crippen molar-refractivity contribution in [3.05, 3.63) is 81.5 Å². The number of hydrogen-bond donors (Lipinski definition) is 2. The number of nitrogens with zero attached hydrogens (tertiary/aromatic N) is 1. The molecule has 0 fully saturated rings. The fourth-order valence-corrected chi connectivity index (χ4v) is 3.51. The highest BCUT2D eigenvalue weighted by atomic mass is 32.1. The van der Waals surface area contributed by atoms with Crippen molar-refractivity contribution in [2.24, 2.45) is 5.10 Å². The number of amides is 2. The zero-order valence-electron chi connectivity index (χ0n) is 17.1. The maximum Gasteiger partial charge on any atom is 0.265 e. The third-order valence-corrected chi connectivity index (χ3v) is 5.37. The first-order valence-corrected chi connectivity index (χ1v) is 10.2. The minimum absolute atomic E-state index is 0.146. The van der Waals surface area contributed by atoms with Gasteiger partial charge in [-0.25, -0.2) is 5.43 Å². The van der Waals surface area contributed by atoms with Gasteiger partial charge in [-0.05, 0) is 61.4 Å². The summed E-state index contributed by atoms with van der Waals surface area (Å²) in [6, 6.07) is 18.4. The number of nitrogens with one attached hydrogen (secondary N) is 2. The van der Waals surface area contributed by atoms with Crippen molar-refractivity contribution >= 4 is 34.6 Å². The second-order valence-electron chi connectivity index (χ2n) is 6.70. The Bertz CT molecular complexity index is 1070. The molecule has 2 aromatic carbocycles. The summed E-state index contributed by atoms with van der Waals surface area (Å²) in [4.78, 5) is 26.3. The monoisotopic (exact) mass is 421 g/mol. The predicted molar refractivity (Wildman–Crippen MR) is 121 cm³/mol. The highest BCUT2D eigenvalue weighted by Crippen LogP contribution is 2.18. The van der Waals surface area contributed by atoms with E-state index in [4.69, 9.17) is 4.74 Å². The summed E-state index contributed by atoms with van der Waals surface area (Å²) in [5, 5.41) is 7.08. The van der Waals surface area contributed by atoms with Gasteiger partial charge in [0.25, 0.3) is 5.91 Å². The number of methoxy groups -OCH3 is 1. The minimum atomic E-state index is -0.211. The second kappa shape index (κ2) is 9.84. The minimum Gasteiger partial charge on any atom is -0.497 e. The second-order valence-corrected chi connectivity index (χ2v) is 7.99. The van der Waals surface area contributed by atoms with Crippen LogP contribution in [0.3, 0.4) is 0 Å². The lowest BCUT2D eigenvalue weighted by atomic mass is 10.1. The van der Waals surface area contributed by atoms with Gasteiger partial charge in [0.15, 0.2) is 0 Å². The molecule has 2 amide bonds. The average Bonchev–Trinajstić information content (AvgIpc) is 3.19. The zero-order valence-corrected chi connectivity index (χ0v) is 17.9. The smallest absolute Gasteiger partial charge is 0.265 e. The molecule has 0 aliphatic rings.